The molecule has 1 aromatic carbocycles. The van der Waals surface area contributed by atoms with Crippen LogP contribution in [0, 0.1) is 11.8 Å². The van der Waals surface area contributed by atoms with Gasteiger partial charge in [-0.05, 0) is 24.1 Å². The van der Waals surface area contributed by atoms with Crippen LogP contribution in [0.3, 0.4) is 0 Å². The molecule has 2 N–H and O–H groups in total. The molecule has 1 saturated carbocycles. The molecule has 2 fully saturated rings. The summed E-state index contributed by atoms with van der Waals surface area (Å²) in [5.41, 5.74) is 0.895. The van der Waals surface area contributed by atoms with Crippen LogP contribution in [0.25, 0.3) is 0 Å². The minimum atomic E-state index is 0.0112. The standard InChI is InChI=1S/C16H21NO4/c1-20-9-13-15(12-6-7-21-16(12)13)17-14(19)8-10-2-4-11(18)5-3-10/h2-5,12-13,15-16,18H,6-9H2,1H3,(H,17,19)/t12-,13+,15+,16-/m0/s1. The molecule has 3 rings (SSSR count). The Labute approximate surface area is 124 Å². The first kappa shape index (κ1) is 14.4. The highest BCUT2D eigenvalue weighted by atomic mass is 16.5. The molecule has 2 aliphatic rings. The second kappa shape index (κ2) is 6.03. The van der Waals surface area contributed by atoms with Gasteiger partial charge in [0.25, 0.3) is 0 Å². The van der Waals surface area contributed by atoms with Crippen molar-refractivity contribution in [1.29, 1.82) is 0 Å². The van der Waals surface area contributed by atoms with Gasteiger partial charge in [-0.1, -0.05) is 12.1 Å². The van der Waals surface area contributed by atoms with E-state index in [1.807, 2.05) is 0 Å². The molecule has 5 nitrogen and oxygen atoms in total. The monoisotopic (exact) mass is 291 g/mol. The average molecular weight is 291 g/mol. The Bertz CT molecular complexity index is 502. The molecule has 1 amide bonds. The highest BCUT2D eigenvalue weighted by Crippen LogP contribution is 2.43. The zero-order chi connectivity index (χ0) is 14.8. The van der Waals surface area contributed by atoms with Crippen molar-refractivity contribution in [1.82, 2.24) is 5.32 Å². The van der Waals surface area contributed by atoms with Gasteiger partial charge in [0.2, 0.25) is 5.91 Å². The molecule has 1 aliphatic carbocycles. The van der Waals surface area contributed by atoms with Gasteiger partial charge in [-0.3, -0.25) is 4.79 Å². The fourth-order valence-electron chi connectivity index (χ4n) is 3.47. The zero-order valence-electron chi connectivity index (χ0n) is 12.1. The molecule has 1 aliphatic heterocycles. The molecule has 0 bridgehead atoms. The second-order valence-corrected chi connectivity index (χ2v) is 5.84. The van der Waals surface area contributed by atoms with Crippen LogP contribution in [0.1, 0.15) is 12.0 Å². The number of amides is 1. The quantitative estimate of drug-likeness (QED) is 0.852. The van der Waals surface area contributed by atoms with Gasteiger partial charge in [0.1, 0.15) is 5.75 Å². The Morgan fingerprint density at radius 2 is 2.19 bits per heavy atom. The lowest BCUT2D eigenvalue weighted by Crippen LogP contribution is -2.62. The van der Waals surface area contributed by atoms with E-state index < -0.39 is 0 Å². The number of methoxy groups -OCH3 is 1. The molecule has 0 spiro atoms. The summed E-state index contributed by atoms with van der Waals surface area (Å²) in [5.74, 6) is 0.904. The van der Waals surface area contributed by atoms with Gasteiger partial charge >= 0.3 is 0 Å². The van der Waals surface area contributed by atoms with E-state index in [1.54, 1.807) is 31.4 Å². The van der Waals surface area contributed by atoms with Crippen LogP contribution in [-0.2, 0) is 20.7 Å². The summed E-state index contributed by atoms with van der Waals surface area (Å²) in [6.07, 6.45) is 1.58. The lowest BCUT2D eigenvalue weighted by Gasteiger charge is -2.47. The SMILES string of the molecule is COC[C@@H]1[C@H](NC(=O)Cc2ccc(O)cc2)[C@@H]2CCO[C@H]12. The third-order valence-corrected chi connectivity index (χ3v) is 4.52. The minimum Gasteiger partial charge on any atom is -0.508 e. The molecule has 5 heteroatoms. The number of fused-ring (bicyclic) bond motifs is 1. The number of nitrogens with one attached hydrogen (secondary N) is 1. The van der Waals surface area contributed by atoms with Crippen molar-refractivity contribution in [2.45, 2.75) is 25.0 Å². The predicted molar refractivity (Wildman–Crippen MR) is 77.0 cm³/mol. The van der Waals surface area contributed by atoms with Crippen molar-refractivity contribution in [3.63, 3.8) is 0 Å². The van der Waals surface area contributed by atoms with Crippen molar-refractivity contribution in [2.24, 2.45) is 11.8 Å². The van der Waals surface area contributed by atoms with E-state index in [1.165, 1.54) is 0 Å². The maximum atomic E-state index is 12.2. The predicted octanol–water partition coefficient (Wildman–Crippen LogP) is 1.10. The first-order valence-electron chi connectivity index (χ1n) is 7.37. The summed E-state index contributed by atoms with van der Waals surface area (Å²) >= 11 is 0. The van der Waals surface area contributed by atoms with E-state index in [4.69, 9.17) is 9.47 Å². The maximum absolute atomic E-state index is 12.2. The smallest absolute Gasteiger partial charge is 0.224 e. The fraction of sp³-hybridized carbons (Fsp3) is 0.562. The number of benzene rings is 1. The number of hydrogen-bond acceptors (Lipinski definition) is 4. The van der Waals surface area contributed by atoms with Gasteiger partial charge < -0.3 is 19.9 Å². The number of rotatable bonds is 5. The highest BCUT2D eigenvalue weighted by Gasteiger charge is 2.54. The maximum Gasteiger partial charge on any atom is 0.224 e. The third kappa shape index (κ3) is 2.89. The van der Waals surface area contributed by atoms with E-state index >= 15 is 0 Å². The van der Waals surface area contributed by atoms with E-state index in [2.05, 4.69) is 5.32 Å². The molecule has 1 saturated heterocycles. The van der Waals surface area contributed by atoms with Gasteiger partial charge in [0.15, 0.2) is 0 Å². The van der Waals surface area contributed by atoms with Crippen molar-refractivity contribution < 1.29 is 19.4 Å². The largest absolute Gasteiger partial charge is 0.508 e. The lowest BCUT2D eigenvalue weighted by molar-refractivity contribution is -0.129. The Balaban J connectivity index is 1.57. The van der Waals surface area contributed by atoms with Crippen LogP contribution >= 0.6 is 0 Å². The summed E-state index contributed by atoms with van der Waals surface area (Å²) < 4.78 is 10.9. The van der Waals surface area contributed by atoms with Crippen molar-refractivity contribution in [3.8, 4) is 5.75 Å². The molecule has 0 radical (unpaired) electrons. The zero-order valence-corrected chi connectivity index (χ0v) is 12.1. The third-order valence-electron chi connectivity index (χ3n) is 4.52. The average Bonchev–Trinajstić information content (AvgIpc) is 2.89. The van der Waals surface area contributed by atoms with Gasteiger partial charge in [-0.25, -0.2) is 0 Å². The number of phenols is 1. The number of aromatic hydroxyl groups is 1. The van der Waals surface area contributed by atoms with E-state index in [-0.39, 0.29) is 29.7 Å². The van der Waals surface area contributed by atoms with Crippen molar-refractivity contribution in [3.05, 3.63) is 29.8 Å². The number of ether oxygens (including phenoxy) is 2. The van der Waals surface area contributed by atoms with Crippen molar-refractivity contribution >= 4 is 5.91 Å². The van der Waals surface area contributed by atoms with Crippen LogP contribution in [0.15, 0.2) is 24.3 Å². The first-order chi connectivity index (χ1) is 10.2. The molecule has 1 aromatic rings. The molecule has 0 aromatic heterocycles. The number of phenolic OH excluding ortho intramolecular Hbond substituents is 1. The summed E-state index contributed by atoms with van der Waals surface area (Å²) in [5, 5.41) is 12.4. The Morgan fingerprint density at radius 1 is 1.43 bits per heavy atom. The van der Waals surface area contributed by atoms with Crippen LogP contribution in [0.5, 0.6) is 5.75 Å². The van der Waals surface area contributed by atoms with E-state index in [0.717, 1.165) is 18.6 Å². The number of carbonyl (C=O) groups excluding carboxylic acids is 1. The van der Waals surface area contributed by atoms with E-state index in [0.29, 0.717) is 18.9 Å². The van der Waals surface area contributed by atoms with Crippen LogP contribution in [-0.4, -0.2) is 43.5 Å². The molecule has 114 valence electrons. The molecule has 21 heavy (non-hydrogen) atoms. The van der Waals surface area contributed by atoms with E-state index in [9.17, 15) is 9.90 Å². The Morgan fingerprint density at radius 3 is 2.90 bits per heavy atom. The number of carbonyl (C=O) groups is 1. The minimum absolute atomic E-state index is 0.0112. The molecular formula is C16H21NO4. The summed E-state index contributed by atoms with van der Waals surface area (Å²) in [6, 6.07) is 6.89. The van der Waals surface area contributed by atoms with Gasteiger partial charge in [0, 0.05) is 31.6 Å². The van der Waals surface area contributed by atoms with Crippen molar-refractivity contribution in [2.75, 3.05) is 20.3 Å². The summed E-state index contributed by atoms with van der Waals surface area (Å²) in [6.45, 7) is 1.39. The van der Waals surface area contributed by atoms with Gasteiger partial charge in [-0.2, -0.15) is 0 Å². The Hall–Kier alpha value is -1.59. The van der Waals surface area contributed by atoms with Crippen LogP contribution in [0.2, 0.25) is 0 Å². The molecule has 0 unspecified atom stereocenters. The fourth-order valence-corrected chi connectivity index (χ4v) is 3.47. The lowest BCUT2D eigenvalue weighted by atomic mass is 9.67. The summed E-state index contributed by atoms with van der Waals surface area (Å²) in [4.78, 5) is 12.2. The molecule has 4 atom stereocenters. The Kier molecular flexibility index (Phi) is 4.12. The van der Waals surface area contributed by atoms with Crippen LogP contribution < -0.4 is 5.32 Å². The highest BCUT2D eigenvalue weighted by molar-refractivity contribution is 5.79. The van der Waals surface area contributed by atoms with Gasteiger partial charge in [0.05, 0.1) is 19.1 Å². The second-order valence-electron chi connectivity index (χ2n) is 5.84. The molecule has 1 heterocycles. The normalized spacial score (nSPS) is 30.5. The topological polar surface area (TPSA) is 67.8 Å². The summed E-state index contributed by atoms with van der Waals surface area (Å²) in [7, 11) is 1.68. The van der Waals surface area contributed by atoms with Crippen LogP contribution in [0.4, 0.5) is 0 Å². The number of hydrogen-bond donors (Lipinski definition) is 2. The molecular weight excluding hydrogens is 270 g/mol. The van der Waals surface area contributed by atoms with Gasteiger partial charge in [-0.15, -0.1) is 0 Å². The first-order valence-corrected chi connectivity index (χ1v) is 7.37.